The van der Waals surface area contributed by atoms with Crippen molar-refractivity contribution in [1.82, 2.24) is 4.57 Å². The Bertz CT molecular complexity index is 787. The number of amides is 1. The topological polar surface area (TPSA) is 94.2 Å². The second-order valence-corrected chi connectivity index (χ2v) is 5.14. The Kier molecular flexibility index (Phi) is 4.79. The number of aromatic nitrogens is 1. The summed E-state index contributed by atoms with van der Waals surface area (Å²) in [6.45, 7) is -0.282. The van der Waals surface area contributed by atoms with Crippen LogP contribution < -0.4 is 10.9 Å². The predicted molar refractivity (Wildman–Crippen MR) is 82.4 cm³/mol. The summed E-state index contributed by atoms with van der Waals surface area (Å²) in [6, 6.07) is 6.60. The van der Waals surface area contributed by atoms with E-state index in [4.69, 9.17) is 23.2 Å². The molecule has 114 valence electrons. The van der Waals surface area contributed by atoms with Crippen LogP contribution in [0.3, 0.4) is 0 Å². The fourth-order valence-corrected chi connectivity index (χ4v) is 2.21. The van der Waals surface area contributed by atoms with Gasteiger partial charge in [0.25, 0.3) is 11.2 Å². The summed E-state index contributed by atoms with van der Waals surface area (Å²) in [4.78, 5) is 33.6. The fourth-order valence-electron chi connectivity index (χ4n) is 1.70. The molecule has 0 aliphatic heterocycles. The molecule has 0 unspecified atom stereocenters. The molecule has 1 N–H and O–H groups in total. The molecule has 2 aromatic rings. The number of nitro groups is 1. The molecule has 1 aromatic heterocycles. The third kappa shape index (κ3) is 3.84. The highest BCUT2D eigenvalue weighted by Gasteiger charge is 2.10. The molecule has 22 heavy (non-hydrogen) atoms. The molecule has 0 radical (unpaired) electrons. The number of halogens is 2. The van der Waals surface area contributed by atoms with E-state index in [1.165, 1.54) is 36.5 Å². The van der Waals surface area contributed by atoms with Crippen molar-refractivity contribution in [1.29, 1.82) is 0 Å². The first-order chi connectivity index (χ1) is 10.4. The van der Waals surface area contributed by atoms with Gasteiger partial charge in [-0.05, 0) is 18.2 Å². The lowest BCUT2D eigenvalue weighted by Crippen LogP contribution is -2.27. The molecule has 7 nitrogen and oxygen atoms in total. The van der Waals surface area contributed by atoms with Gasteiger partial charge in [-0.3, -0.25) is 19.7 Å². The monoisotopic (exact) mass is 341 g/mol. The van der Waals surface area contributed by atoms with Crippen molar-refractivity contribution in [3.63, 3.8) is 0 Å². The lowest BCUT2D eigenvalue weighted by Gasteiger charge is -2.08. The van der Waals surface area contributed by atoms with Gasteiger partial charge >= 0.3 is 0 Å². The van der Waals surface area contributed by atoms with E-state index in [1.807, 2.05) is 0 Å². The Morgan fingerprint density at radius 2 is 1.91 bits per heavy atom. The van der Waals surface area contributed by atoms with Gasteiger partial charge in [0.2, 0.25) is 5.91 Å². The first-order valence-electron chi connectivity index (χ1n) is 5.96. The Labute approximate surface area is 134 Å². The van der Waals surface area contributed by atoms with Gasteiger partial charge in [-0.2, -0.15) is 0 Å². The minimum absolute atomic E-state index is 0.0872. The van der Waals surface area contributed by atoms with Crippen LogP contribution in [0.1, 0.15) is 0 Å². The zero-order chi connectivity index (χ0) is 16.3. The van der Waals surface area contributed by atoms with E-state index in [0.29, 0.717) is 5.69 Å². The number of pyridine rings is 1. The average Bonchev–Trinajstić information content (AvgIpc) is 2.44. The summed E-state index contributed by atoms with van der Waals surface area (Å²) in [6.07, 6.45) is 1.30. The number of non-ortho nitro benzene ring substituents is 1. The second-order valence-electron chi connectivity index (χ2n) is 4.29. The third-order valence-electron chi connectivity index (χ3n) is 2.68. The molecular weight excluding hydrogens is 333 g/mol. The van der Waals surface area contributed by atoms with Crippen LogP contribution in [0.15, 0.2) is 41.3 Å². The van der Waals surface area contributed by atoms with E-state index in [9.17, 15) is 19.7 Å². The lowest BCUT2D eigenvalue weighted by molar-refractivity contribution is -0.384. The smallest absolute Gasteiger partial charge is 0.269 e. The third-order valence-corrected chi connectivity index (χ3v) is 3.16. The standard InChI is InChI=1S/C13H9Cl2N3O4/c14-8-5-11(15)13(20)17(6-8)7-12(19)16-9-1-3-10(4-2-9)18(21)22/h1-6H,7H2,(H,16,19). The minimum atomic E-state index is -0.543. The average molecular weight is 342 g/mol. The number of nitro benzene ring substituents is 1. The number of rotatable bonds is 4. The van der Waals surface area contributed by atoms with Gasteiger partial charge in [0.05, 0.1) is 9.95 Å². The van der Waals surface area contributed by atoms with Crippen LogP contribution in [0.25, 0.3) is 0 Å². The zero-order valence-electron chi connectivity index (χ0n) is 11.0. The Balaban J connectivity index is 2.10. The normalized spacial score (nSPS) is 10.3. The van der Waals surface area contributed by atoms with Crippen molar-refractivity contribution in [2.75, 3.05) is 5.32 Å². The van der Waals surface area contributed by atoms with Crippen LogP contribution in [0.5, 0.6) is 0 Å². The SMILES string of the molecule is O=C(Cn1cc(Cl)cc(Cl)c1=O)Nc1ccc([N+](=O)[O-])cc1. The summed E-state index contributed by atoms with van der Waals surface area (Å²) < 4.78 is 1.07. The maximum atomic E-state index is 11.9. The minimum Gasteiger partial charge on any atom is -0.325 e. The Morgan fingerprint density at radius 3 is 2.50 bits per heavy atom. The van der Waals surface area contributed by atoms with Crippen molar-refractivity contribution >= 4 is 40.5 Å². The molecule has 0 saturated carbocycles. The molecule has 0 bridgehead atoms. The summed E-state index contributed by atoms with van der Waals surface area (Å²) >= 11 is 11.5. The van der Waals surface area contributed by atoms with E-state index in [1.54, 1.807) is 0 Å². The molecule has 9 heteroatoms. The predicted octanol–water partition coefficient (Wildman–Crippen LogP) is 2.70. The van der Waals surface area contributed by atoms with Crippen LogP contribution in [-0.4, -0.2) is 15.4 Å². The van der Waals surface area contributed by atoms with E-state index >= 15 is 0 Å². The summed E-state index contributed by atoms with van der Waals surface area (Å²) in [7, 11) is 0. The number of benzene rings is 1. The number of carbonyl (C=O) groups excluding carboxylic acids is 1. The van der Waals surface area contributed by atoms with Gasteiger partial charge in [-0.15, -0.1) is 0 Å². The van der Waals surface area contributed by atoms with Gasteiger partial charge in [-0.25, -0.2) is 0 Å². The summed E-state index contributed by atoms with van der Waals surface area (Å²) in [5, 5.41) is 13.2. The van der Waals surface area contributed by atoms with Crippen LogP contribution in [0.4, 0.5) is 11.4 Å². The molecule has 0 spiro atoms. The summed E-state index contributed by atoms with van der Waals surface area (Å²) in [5.74, 6) is -0.491. The van der Waals surface area contributed by atoms with Crippen molar-refractivity contribution in [2.24, 2.45) is 0 Å². The quantitative estimate of drug-likeness (QED) is 0.683. The van der Waals surface area contributed by atoms with Gasteiger partial charge in [0.15, 0.2) is 0 Å². The molecular formula is C13H9Cl2N3O4. The number of hydrogen-bond acceptors (Lipinski definition) is 4. The van der Waals surface area contributed by atoms with Crippen molar-refractivity contribution in [3.05, 3.63) is 67.0 Å². The highest BCUT2D eigenvalue weighted by molar-refractivity contribution is 6.34. The molecule has 0 atom stereocenters. The van der Waals surface area contributed by atoms with Crippen LogP contribution >= 0.6 is 23.2 Å². The lowest BCUT2D eigenvalue weighted by atomic mass is 10.3. The maximum absolute atomic E-state index is 11.9. The number of anilines is 1. The highest BCUT2D eigenvalue weighted by atomic mass is 35.5. The Hall–Kier alpha value is -2.38. The van der Waals surface area contributed by atoms with Gasteiger partial charge in [0, 0.05) is 24.0 Å². The molecule has 2 rings (SSSR count). The van der Waals surface area contributed by atoms with E-state index in [0.717, 1.165) is 4.57 Å². The molecule has 0 saturated heterocycles. The van der Waals surface area contributed by atoms with Crippen LogP contribution in [0, 0.1) is 10.1 Å². The molecule has 0 aliphatic carbocycles. The molecule has 1 heterocycles. The molecule has 1 aromatic carbocycles. The van der Waals surface area contributed by atoms with Crippen molar-refractivity contribution in [2.45, 2.75) is 6.54 Å². The number of nitrogens with zero attached hydrogens (tertiary/aromatic N) is 2. The number of carbonyl (C=O) groups is 1. The Morgan fingerprint density at radius 1 is 1.27 bits per heavy atom. The van der Waals surface area contributed by atoms with Crippen LogP contribution in [0.2, 0.25) is 10.0 Å². The van der Waals surface area contributed by atoms with Crippen LogP contribution in [-0.2, 0) is 11.3 Å². The van der Waals surface area contributed by atoms with E-state index in [2.05, 4.69) is 5.32 Å². The zero-order valence-corrected chi connectivity index (χ0v) is 12.5. The first kappa shape index (κ1) is 16.0. The summed E-state index contributed by atoms with van der Waals surface area (Å²) in [5.41, 5.74) is -0.252. The van der Waals surface area contributed by atoms with Crippen molar-refractivity contribution in [3.8, 4) is 0 Å². The number of nitrogens with one attached hydrogen (secondary N) is 1. The molecule has 0 fully saturated rings. The molecule has 1 amide bonds. The van der Waals surface area contributed by atoms with Crippen molar-refractivity contribution < 1.29 is 9.72 Å². The van der Waals surface area contributed by atoms with Gasteiger partial charge in [-0.1, -0.05) is 23.2 Å². The number of hydrogen-bond donors (Lipinski definition) is 1. The van der Waals surface area contributed by atoms with Gasteiger partial charge in [0.1, 0.15) is 11.6 Å². The fraction of sp³-hybridized carbons (Fsp3) is 0.0769. The highest BCUT2D eigenvalue weighted by Crippen LogP contribution is 2.15. The second kappa shape index (κ2) is 6.59. The first-order valence-corrected chi connectivity index (χ1v) is 6.72. The molecule has 0 aliphatic rings. The van der Waals surface area contributed by atoms with Gasteiger partial charge < -0.3 is 9.88 Å². The maximum Gasteiger partial charge on any atom is 0.269 e. The van der Waals surface area contributed by atoms with E-state index < -0.39 is 16.4 Å². The largest absolute Gasteiger partial charge is 0.325 e. The van der Waals surface area contributed by atoms with E-state index in [-0.39, 0.29) is 22.3 Å².